The van der Waals surface area contributed by atoms with E-state index in [1.165, 1.54) is 6.07 Å². The third-order valence-corrected chi connectivity index (χ3v) is 2.44. The largest absolute Gasteiger partial charge is 0.206 e. The molecule has 0 bridgehead atoms. The van der Waals surface area contributed by atoms with Gasteiger partial charge in [0.2, 0.25) is 0 Å². The number of aryl methyl sites for hydroxylation is 1. The van der Waals surface area contributed by atoms with Gasteiger partial charge in [0.15, 0.2) is 0 Å². The molecular formula is C7H5ClFI. The number of hydrogen-bond donors (Lipinski definition) is 0. The van der Waals surface area contributed by atoms with Crippen molar-refractivity contribution in [2.45, 2.75) is 6.92 Å². The summed E-state index contributed by atoms with van der Waals surface area (Å²) in [4.78, 5) is 0. The molecule has 0 saturated carbocycles. The molecule has 0 aromatic heterocycles. The first-order valence-electron chi connectivity index (χ1n) is 2.72. The fourth-order valence-corrected chi connectivity index (χ4v) is 1.44. The van der Waals surface area contributed by atoms with Gasteiger partial charge in [0.05, 0.1) is 3.57 Å². The van der Waals surface area contributed by atoms with Crippen LogP contribution in [0.25, 0.3) is 0 Å². The molecule has 0 atom stereocenters. The summed E-state index contributed by atoms with van der Waals surface area (Å²) < 4.78 is 13.3. The first kappa shape index (κ1) is 8.27. The maximum atomic E-state index is 12.7. The average molecular weight is 270 g/mol. The monoisotopic (exact) mass is 270 g/mol. The summed E-state index contributed by atoms with van der Waals surface area (Å²) in [6, 6.07) is 3.05. The van der Waals surface area contributed by atoms with Crippen molar-refractivity contribution in [2.24, 2.45) is 0 Å². The lowest BCUT2D eigenvalue weighted by Gasteiger charge is -1.98. The van der Waals surface area contributed by atoms with Crippen LogP contribution in [-0.2, 0) is 0 Å². The molecule has 10 heavy (non-hydrogen) atoms. The Labute approximate surface area is 77.5 Å². The number of rotatable bonds is 0. The summed E-state index contributed by atoms with van der Waals surface area (Å²) in [6.45, 7) is 1.78. The highest BCUT2D eigenvalue weighted by molar-refractivity contribution is 14.1. The highest BCUT2D eigenvalue weighted by Crippen LogP contribution is 2.20. The molecule has 1 aromatic rings. The average Bonchev–Trinajstić information content (AvgIpc) is 1.84. The Balaban J connectivity index is 3.28. The van der Waals surface area contributed by atoms with E-state index in [-0.39, 0.29) is 5.82 Å². The van der Waals surface area contributed by atoms with Crippen LogP contribution in [0.5, 0.6) is 0 Å². The van der Waals surface area contributed by atoms with Gasteiger partial charge in [0.1, 0.15) is 5.82 Å². The van der Waals surface area contributed by atoms with E-state index >= 15 is 0 Å². The molecule has 0 aliphatic heterocycles. The normalized spacial score (nSPS) is 10.0. The number of benzene rings is 1. The van der Waals surface area contributed by atoms with Crippen LogP contribution >= 0.6 is 34.2 Å². The Morgan fingerprint density at radius 1 is 1.50 bits per heavy atom. The van der Waals surface area contributed by atoms with E-state index in [4.69, 9.17) is 11.6 Å². The second-order valence-corrected chi connectivity index (χ2v) is 3.58. The Hall–Kier alpha value is 0.170. The minimum atomic E-state index is -0.206. The van der Waals surface area contributed by atoms with Crippen LogP contribution in [0.1, 0.15) is 5.56 Å². The SMILES string of the molecule is Cc1cc(F)c(I)cc1Cl. The molecule has 3 heteroatoms. The summed E-state index contributed by atoms with van der Waals surface area (Å²) in [5.41, 5.74) is 0.777. The van der Waals surface area contributed by atoms with Crippen LogP contribution in [0, 0.1) is 16.3 Å². The lowest BCUT2D eigenvalue weighted by molar-refractivity contribution is 0.619. The lowest BCUT2D eigenvalue weighted by Crippen LogP contribution is -1.83. The highest BCUT2D eigenvalue weighted by atomic mass is 127. The van der Waals surface area contributed by atoms with Crippen molar-refractivity contribution >= 4 is 34.2 Å². The smallest absolute Gasteiger partial charge is 0.136 e. The maximum Gasteiger partial charge on any atom is 0.136 e. The van der Waals surface area contributed by atoms with E-state index in [1.807, 2.05) is 22.6 Å². The van der Waals surface area contributed by atoms with Crippen molar-refractivity contribution in [1.29, 1.82) is 0 Å². The van der Waals surface area contributed by atoms with E-state index in [0.717, 1.165) is 5.56 Å². The van der Waals surface area contributed by atoms with Gasteiger partial charge in [0, 0.05) is 5.02 Å². The van der Waals surface area contributed by atoms with Crippen LogP contribution < -0.4 is 0 Å². The molecule has 0 aliphatic carbocycles. The van der Waals surface area contributed by atoms with E-state index in [1.54, 1.807) is 13.0 Å². The van der Waals surface area contributed by atoms with E-state index in [0.29, 0.717) is 8.59 Å². The van der Waals surface area contributed by atoms with Gasteiger partial charge < -0.3 is 0 Å². The summed E-state index contributed by atoms with van der Waals surface area (Å²) >= 11 is 7.62. The van der Waals surface area contributed by atoms with Gasteiger partial charge in [0.25, 0.3) is 0 Å². The van der Waals surface area contributed by atoms with Gasteiger partial charge in [-0.05, 0) is 47.2 Å². The molecule has 0 nitrogen and oxygen atoms in total. The molecule has 0 saturated heterocycles. The van der Waals surface area contributed by atoms with E-state index in [9.17, 15) is 4.39 Å². The minimum Gasteiger partial charge on any atom is -0.206 e. The second-order valence-electron chi connectivity index (χ2n) is 2.02. The quantitative estimate of drug-likeness (QED) is 0.501. The molecule has 0 amide bonds. The van der Waals surface area contributed by atoms with Gasteiger partial charge in [-0.25, -0.2) is 4.39 Å². The fourth-order valence-electron chi connectivity index (χ4n) is 0.622. The Bertz CT molecular complexity index is 210. The van der Waals surface area contributed by atoms with Crippen molar-refractivity contribution in [3.63, 3.8) is 0 Å². The molecule has 0 N–H and O–H groups in total. The summed E-state index contributed by atoms with van der Waals surface area (Å²) in [6.07, 6.45) is 0. The lowest BCUT2D eigenvalue weighted by atomic mass is 10.2. The van der Waals surface area contributed by atoms with Gasteiger partial charge in [-0.1, -0.05) is 11.6 Å². The first-order chi connectivity index (χ1) is 4.61. The van der Waals surface area contributed by atoms with Crippen molar-refractivity contribution in [3.05, 3.63) is 32.1 Å². The van der Waals surface area contributed by atoms with E-state index < -0.39 is 0 Å². The van der Waals surface area contributed by atoms with Gasteiger partial charge >= 0.3 is 0 Å². The van der Waals surface area contributed by atoms with Crippen LogP contribution in [0.2, 0.25) is 5.02 Å². The van der Waals surface area contributed by atoms with Crippen LogP contribution in [0.4, 0.5) is 4.39 Å². The zero-order valence-corrected chi connectivity index (χ0v) is 8.20. The predicted molar refractivity (Wildman–Crippen MR) is 48.9 cm³/mol. The third-order valence-electron chi connectivity index (χ3n) is 1.20. The maximum absolute atomic E-state index is 12.7. The van der Waals surface area contributed by atoms with Crippen LogP contribution in [0.3, 0.4) is 0 Å². The van der Waals surface area contributed by atoms with Crippen molar-refractivity contribution in [3.8, 4) is 0 Å². The molecule has 0 radical (unpaired) electrons. The summed E-state index contributed by atoms with van der Waals surface area (Å²) in [5.74, 6) is -0.206. The molecule has 0 heterocycles. The van der Waals surface area contributed by atoms with Crippen LogP contribution in [-0.4, -0.2) is 0 Å². The van der Waals surface area contributed by atoms with E-state index in [2.05, 4.69) is 0 Å². The number of halogens is 3. The molecule has 54 valence electrons. The zero-order valence-electron chi connectivity index (χ0n) is 5.29. The fraction of sp³-hybridized carbons (Fsp3) is 0.143. The molecule has 0 aliphatic rings. The van der Waals surface area contributed by atoms with Crippen LogP contribution in [0.15, 0.2) is 12.1 Å². The summed E-state index contributed by atoms with van der Waals surface area (Å²) in [7, 11) is 0. The predicted octanol–water partition coefficient (Wildman–Crippen LogP) is 3.39. The second kappa shape index (κ2) is 3.05. The minimum absolute atomic E-state index is 0.206. The molecular weight excluding hydrogens is 265 g/mol. The first-order valence-corrected chi connectivity index (χ1v) is 4.18. The molecule has 0 spiro atoms. The van der Waals surface area contributed by atoms with Crippen molar-refractivity contribution in [2.75, 3.05) is 0 Å². The highest BCUT2D eigenvalue weighted by Gasteiger charge is 2.01. The Morgan fingerprint density at radius 2 is 2.10 bits per heavy atom. The molecule has 1 rings (SSSR count). The third kappa shape index (κ3) is 1.61. The van der Waals surface area contributed by atoms with Gasteiger partial charge in [-0.2, -0.15) is 0 Å². The summed E-state index contributed by atoms with van der Waals surface area (Å²) in [5, 5.41) is 0.616. The molecule has 0 unspecified atom stereocenters. The Kier molecular flexibility index (Phi) is 2.52. The molecule has 0 fully saturated rings. The zero-order chi connectivity index (χ0) is 7.72. The molecule has 1 aromatic carbocycles. The number of hydrogen-bond acceptors (Lipinski definition) is 0. The van der Waals surface area contributed by atoms with Gasteiger partial charge in [-0.3, -0.25) is 0 Å². The standard InChI is InChI=1S/C7H5ClFI/c1-4-2-6(9)7(10)3-5(4)8/h2-3H,1H3. The van der Waals surface area contributed by atoms with Gasteiger partial charge in [-0.15, -0.1) is 0 Å². The Morgan fingerprint density at radius 3 is 2.60 bits per heavy atom. The van der Waals surface area contributed by atoms with Crippen molar-refractivity contribution < 1.29 is 4.39 Å². The topological polar surface area (TPSA) is 0 Å². The van der Waals surface area contributed by atoms with Crippen molar-refractivity contribution in [1.82, 2.24) is 0 Å².